The van der Waals surface area contributed by atoms with Gasteiger partial charge in [0.05, 0.1) is 37.9 Å². The van der Waals surface area contributed by atoms with Crippen LogP contribution in [0, 0.1) is 0 Å². The molecule has 9 heteroatoms. The highest BCUT2D eigenvalue weighted by Gasteiger charge is 2.21. The average Bonchev–Trinajstić information content (AvgIpc) is 3.21. The van der Waals surface area contributed by atoms with Crippen LogP contribution in [-0.4, -0.2) is 48.6 Å². The Kier molecular flexibility index (Phi) is 5.89. The van der Waals surface area contributed by atoms with Crippen LogP contribution in [0.5, 0.6) is 23.1 Å². The minimum Gasteiger partial charge on any atom is -0.493 e. The van der Waals surface area contributed by atoms with E-state index in [4.69, 9.17) is 28.8 Å². The first-order valence-corrected chi connectivity index (χ1v) is 9.99. The summed E-state index contributed by atoms with van der Waals surface area (Å²) >= 11 is 3.34. The number of oxime groups is 1. The van der Waals surface area contributed by atoms with E-state index in [0.717, 1.165) is 21.1 Å². The predicted octanol–water partition coefficient (Wildman–Crippen LogP) is 4.20. The Bertz CT molecular complexity index is 1080. The second-order valence-electron chi connectivity index (χ2n) is 6.51. The van der Waals surface area contributed by atoms with Gasteiger partial charge in [0, 0.05) is 18.2 Å². The highest BCUT2D eigenvalue weighted by molar-refractivity contribution is 9.18. The van der Waals surface area contributed by atoms with Gasteiger partial charge in [0.25, 0.3) is 0 Å². The van der Waals surface area contributed by atoms with Crippen molar-refractivity contribution in [1.29, 1.82) is 0 Å². The standard InChI is InChI=1S/C21H20BrN3O5/c1-26-17-7-12(8-18(27-2)20(17)28-3)15-10-16-14(5-4-6-23-16)21(24-15)29-11-13-9-19(22)25-30-13/h4-8,10,13H,9,11H2,1-3H3. The minimum atomic E-state index is -0.169. The van der Waals surface area contributed by atoms with E-state index in [-0.39, 0.29) is 6.10 Å². The molecule has 0 radical (unpaired) electrons. The van der Waals surface area contributed by atoms with Crippen LogP contribution in [0.2, 0.25) is 0 Å². The summed E-state index contributed by atoms with van der Waals surface area (Å²) in [4.78, 5) is 14.5. The number of ether oxygens (including phenoxy) is 4. The van der Waals surface area contributed by atoms with Crippen LogP contribution in [0.25, 0.3) is 22.2 Å². The number of pyridine rings is 2. The van der Waals surface area contributed by atoms with Crippen LogP contribution in [0.15, 0.2) is 41.7 Å². The quantitative estimate of drug-likeness (QED) is 0.508. The Balaban J connectivity index is 1.74. The first kappa shape index (κ1) is 20.2. The molecular weight excluding hydrogens is 454 g/mol. The number of halogens is 1. The molecule has 8 nitrogen and oxygen atoms in total. The van der Waals surface area contributed by atoms with Crippen molar-refractivity contribution in [3.8, 4) is 34.4 Å². The lowest BCUT2D eigenvalue weighted by atomic mass is 10.1. The molecule has 156 valence electrons. The van der Waals surface area contributed by atoms with Crippen molar-refractivity contribution in [2.24, 2.45) is 5.16 Å². The number of benzene rings is 1. The van der Waals surface area contributed by atoms with Crippen molar-refractivity contribution < 1.29 is 23.8 Å². The first-order chi connectivity index (χ1) is 14.6. The Morgan fingerprint density at radius 2 is 1.87 bits per heavy atom. The highest BCUT2D eigenvalue weighted by atomic mass is 79.9. The fraction of sp³-hybridized carbons (Fsp3) is 0.286. The third-order valence-electron chi connectivity index (χ3n) is 4.63. The molecule has 0 amide bonds. The van der Waals surface area contributed by atoms with Crippen molar-refractivity contribution in [3.05, 3.63) is 36.5 Å². The van der Waals surface area contributed by atoms with E-state index in [1.165, 1.54) is 0 Å². The number of aromatic nitrogens is 2. The Labute approximate surface area is 181 Å². The summed E-state index contributed by atoms with van der Waals surface area (Å²) in [6.45, 7) is 0.314. The van der Waals surface area contributed by atoms with Crippen LogP contribution < -0.4 is 18.9 Å². The second kappa shape index (κ2) is 8.74. The molecule has 4 rings (SSSR count). The topological polar surface area (TPSA) is 84.3 Å². The maximum atomic E-state index is 6.01. The molecule has 1 aromatic carbocycles. The second-order valence-corrected chi connectivity index (χ2v) is 7.42. The van der Waals surface area contributed by atoms with Gasteiger partial charge in [-0.2, -0.15) is 0 Å². The lowest BCUT2D eigenvalue weighted by molar-refractivity contribution is 0.0463. The minimum absolute atomic E-state index is 0.169. The van der Waals surface area contributed by atoms with E-state index in [9.17, 15) is 0 Å². The zero-order valence-electron chi connectivity index (χ0n) is 16.7. The van der Waals surface area contributed by atoms with Gasteiger partial charge in [-0.25, -0.2) is 4.98 Å². The third kappa shape index (κ3) is 3.97. The van der Waals surface area contributed by atoms with Gasteiger partial charge in [0.1, 0.15) is 11.2 Å². The molecule has 0 fully saturated rings. The summed E-state index contributed by atoms with van der Waals surface area (Å²) in [6.07, 6.45) is 2.22. The molecule has 1 aliphatic heterocycles. The monoisotopic (exact) mass is 473 g/mol. The van der Waals surface area contributed by atoms with Crippen LogP contribution in [0.3, 0.4) is 0 Å². The summed E-state index contributed by atoms with van der Waals surface area (Å²) in [6, 6.07) is 9.35. The average molecular weight is 474 g/mol. The number of hydrogen-bond acceptors (Lipinski definition) is 8. The van der Waals surface area contributed by atoms with E-state index in [2.05, 4.69) is 26.1 Å². The Morgan fingerprint density at radius 1 is 1.10 bits per heavy atom. The zero-order chi connectivity index (χ0) is 21.1. The van der Waals surface area contributed by atoms with E-state index < -0.39 is 0 Å². The Hall–Kier alpha value is -3.07. The lowest BCUT2D eigenvalue weighted by Crippen LogP contribution is -2.18. The molecule has 3 heterocycles. The molecule has 1 unspecified atom stereocenters. The predicted molar refractivity (Wildman–Crippen MR) is 116 cm³/mol. The molecule has 0 saturated heterocycles. The van der Waals surface area contributed by atoms with Gasteiger partial charge in [-0.3, -0.25) is 4.98 Å². The lowest BCUT2D eigenvalue weighted by Gasteiger charge is -2.15. The molecule has 0 spiro atoms. The highest BCUT2D eigenvalue weighted by Crippen LogP contribution is 2.41. The number of hydrogen-bond donors (Lipinski definition) is 0. The molecule has 3 aromatic rings. The molecule has 0 saturated carbocycles. The van der Waals surface area contributed by atoms with Crippen molar-refractivity contribution in [2.45, 2.75) is 12.5 Å². The molecule has 0 N–H and O–H groups in total. The van der Waals surface area contributed by atoms with E-state index in [1.54, 1.807) is 27.5 Å². The zero-order valence-corrected chi connectivity index (χ0v) is 18.3. The van der Waals surface area contributed by atoms with Gasteiger partial charge >= 0.3 is 0 Å². The van der Waals surface area contributed by atoms with Gasteiger partial charge < -0.3 is 23.8 Å². The van der Waals surface area contributed by atoms with E-state index in [0.29, 0.717) is 41.9 Å². The molecule has 30 heavy (non-hydrogen) atoms. The number of methoxy groups -OCH3 is 3. The van der Waals surface area contributed by atoms with Gasteiger partial charge in [-0.1, -0.05) is 5.16 Å². The molecule has 0 aliphatic carbocycles. The van der Waals surface area contributed by atoms with Crippen molar-refractivity contribution in [2.75, 3.05) is 27.9 Å². The maximum absolute atomic E-state index is 6.01. The summed E-state index contributed by atoms with van der Waals surface area (Å²) in [7, 11) is 4.72. The van der Waals surface area contributed by atoms with Crippen molar-refractivity contribution >= 4 is 31.5 Å². The fourth-order valence-corrected chi connectivity index (χ4v) is 3.63. The summed E-state index contributed by atoms with van der Waals surface area (Å²) < 4.78 is 23.1. The molecule has 1 aliphatic rings. The van der Waals surface area contributed by atoms with Crippen molar-refractivity contribution in [3.63, 3.8) is 0 Å². The SMILES string of the molecule is COc1cc(-c2cc3ncccc3c(OCC3CC(Br)=NO3)n2)cc(OC)c1OC. The van der Waals surface area contributed by atoms with Crippen LogP contribution in [0.1, 0.15) is 6.42 Å². The van der Waals surface area contributed by atoms with E-state index in [1.807, 2.05) is 30.3 Å². The summed E-state index contributed by atoms with van der Waals surface area (Å²) in [5.74, 6) is 2.07. The smallest absolute Gasteiger partial charge is 0.223 e. The molecular formula is C21H20BrN3O5. The summed E-state index contributed by atoms with van der Waals surface area (Å²) in [5.41, 5.74) is 2.21. The fourth-order valence-electron chi connectivity index (χ4n) is 3.19. The normalized spacial score (nSPS) is 15.5. The molecule has 0 bridgehead atoms. The third-order valence-corrected chi connectivity index (χ3v) is 5.10. The largest absolute Gasteiger partial charge is 0.493 e. The van der Waals surface area contributed by atoms with Gasteiger partial charge in [-0.15, -0.1) is 0 Å². The van der Waals surface area contributed by atoms with Crippen LogP contribution >= 0.6 is 15.9 Å². The van der Waals surface area contributed by atoms with Crippen LogP contribution in [0.4, 0.5) is 0 Å². The van der Waals surface area contributed by atoms with Gasteiger partial charge in [0.2, 0.25) is 11.6 Å². The number of rotatable bonds is 7. The number of nitrogens with zero attached hydrogens (tertiary/aromatic N) is 3. The summed E-state index contributed by atoms with van der Waals surface area (Å²) in [5, 5.41) is 4.70. The maximum Gasteiger partial charge on any atom is 0.223 e. The van der Waals surface area contributed by atoms with Gasteiger partial charge in [-0.05, 0) is 46.3 Å². The molecule has 1 atom stereocenters. The van der Waals surface area contributed by atoms with Crippen molar-refractivity contribution in [1.82, 2.24) is 9.97 Å². The Morgan fingerprint density at radius 3 is 2.50 bits per heavy atom. The number of fused-ring (bicyclic) bond motifs is 1. The van der Waals surface area contributed by atoms with Crippen LogP contribution in [-0.2, 0) is 4.84 Å². The first-order valence-electron chi connectivity index (χ1n) is 9.20. The molecule has 2 aromatic heterocycles. The van der Waals surface area contributed by atoms with E-state index >= 15 is 0 Å². The van der Waals surface area contributed by atoms with Gasteiger partial charge in [0.15, 0.2) is 17.6 Å².